The van der Waals surface area contributed by atoms with Crippen molar-refractivity contribution in [1.29, 1.82) is 0 Å². The summed E-state index contributed by atoms with van der Waals surface area (Å²) in [5.41, 5.74) is 0. The van der Waals surface area contributed by atoms with E-state index in [0.29, 0.717) is 8.96 Å². The number of hydrogen-bond acceptors (Lipinski definition) is 4. The van der Waals surface area contributed by atoms with Crippen molar-refractivity contribution >= 4 is 75.3 Å². The first-order chi connectivity index (χ1) is 9.74. The lowest BCUT2D eigenvalue weighted by atomic mass is 9.74. The van der Waals surface area contributed by atoms with Gasteiger partial charge in [-0.2, -0.15) is 0 Å². The number of halogens is 4. The Morgan fingerprint density at radius 1 is 0.905 bits per heavy atom. The fourth-order valence-corrected chi connectivity index (χ4v) is 8.87. The molecule has 3 aliphatic rings. The van der Waals surface area contributed by atoms with Crippen LogP contribution in [0.15, 0.2) is 21.1 Å². The summed E-state index contributed by atoms with van der Waals surface area (Å²) < 4.78 is 10.9. The molecular weight excluding hydrogens is 540 g/mol. The fourth-order valence-electron chi connectivity index (χ4n) is 3.78. The average Bonchev–Trinajstić information content (AvgIpc) is 2.72. The first kappa shape index (κ1) is 16.5. The highest BCUT2D eigenvalue weighted by Gasteiger charge is 2.85. The second kappa shape index (κ2) is 4.83. The van der Waals surface area contributed by atoms with E-state index in [1.165, 1.54) is 26.4 Å². The number of fused-ring (bicyclic) bond motifs is 5. The number of carbonyl (C=O) groups is 2. The van der Waals surface area contributed by atoms with Crippen molar-refractivity contribution in [2.45, 2.75) is 14.4 Å². The molecule has 0 aromatic heterocycles. The van der Waals surface area contributed by atoms with Crippen molar-refractivity contribution in [3.05, 3.63) is 21.1 Å². The molecule has 0 spiro atoms. The van der Waals surface area contributed by atoms with Gasteiger partial charge in [0.1, 0.15) is 8.65 Å². The summed E-state index contributed by atoms with van der Waals surface area (Å²) in [5.74, 6) is -2.75. The van der Waals surface area contributed by atoms with Gasteiger partial charge in [-0.15, -0.1) is 0 Å². The number of hydrogen-bond donors (Lipinski definition) is 0. The van der Waals surface area contributed by atoms with Crippen LogP contribution in [-0.2, 0) is 19.1 Å². The molecule has 0 aromatic carbocycles. The number of methoxy groups -OCH3 is 2. The molecule has 3 aliphatic carbocycles. The lowest BCUT2D eigenvalue weighted by Gasteiger charge is -2.41. The molecule has 0 N–H and O–H groups in total. The molecule has 0 heterocycles. The van der Waals surface area contributed by atoms with Gasteiger partial charge >= 0.3 is 0 Å². The van der Waals surface area contributed by atoms with Gasteiger partial charge in [-0.05, 0) is 12.2 Å². The van der Waals surface area contributed by atoms with E-state index in [9.17, 15) is 9.59 Å². The third kappa shape index (κ3) is 1.48. The van der Waals surface area contributed by atoms with E-state index in [2.05, 4.69) is 63.7 Å². The minimum Gasteiger partial charge on any atom is -0.350 e. The van der Waals surface area contributed by atoms with Crippen molar-refractivity contribution in [2.75, 3.05) is 14.2 Å². The predicted molar refractivity (Wildman–Crippen MR) is 91.1 cm³/mol. The normalized spacial score (nSPS) is 43.7. The number of ketones is 2. The van der Waals surface area contributed by atoms with Crippen molar-refractivity contribution in [2.24, 2.45) is 11.8 Å². The van der Waals surface area contributed by atoms with Crippen LogP contribution in [0.5, 0.6) is 0 Å². The molecule has 1 saturated carbocycles. The molecule has 0 aromatic rings. The van der Waals surface area contributed by atoms with Crippen molar-refractivity contribution in [3.63, 3.8) is 0 Å². The maximum absolute atomic E-state index is 12.5. The first-order valence-electron chi connectivity index (χ1n) is 6.04. The number of rotatable bonds is 2. The minimum absolute atomic E-state index is 0.131. The van der Waals surface area contributed by atoms with Crippen LogP contribution >= 0.6 is 63.7 Å². The average molecular weight is 550 g/mol. The molecule has 0 amide bonds. The maximum Gasteiger partial charge on any atom is 0.209 e. The Morgan fingerprint density at radius 3 is 1.52 bits per heavy atom. The fraction of sp³-hybridized carbons (Fsp3) is 0.538. The summed E-state index contributed by atoms with van der Waals surface area (Å²) in [7, 11) is 3.00. The van der Waals surface area contributed by atoms with E-state index in [0.717, 1.165) is 0 Å². The summed E-state index contributed by atoms with van der Waals surface area (Å²) in [6.07, 6.45) is 2.65. The van der Waals surface area contributed by atoms with E-state index in [-0.39, 0.29) is 11.6 Å². The van der Waals surface area contributed by atoms with Crippen LogP contribution in [0, 0.1) is 11.8 Å². The summed E-state index contributed by atoms with van der Waals surface area (Å²) >= 11 is 14.4. The molecule has 21 heavy (non-hydrogen) atoms. The zero-order valence-electron chi connectivity index (χ0n) is 11.0. The molecule has 0 unspecified atom stereocenters. The minimum atomic E-state index is -1.25. The molecule has 3 rings (SSSR count). The van der Waals surface area contributed by atoms with Crippen LogP contribution in [0.1, 0.15) is 0 Å². The summed E-state index contributed by atoms with van der Waals surface area (Å²) in [5, 5.41) is 0. The Balaban J connectivity index is 2.39. The summed E-state index contributed by atoms with van der Waals surface area (Å²) in [4.78, 5) is 24.9. The molecule has 0 radical (unpaired) electrons. The quantitative estimate of drug-likeness (QED) is 0.392. The smallest absolute Gasteiger partial charge is 0.209 e. The van der Waals surface area contributed by atoms with Crippen LogP contribution in [0.3, 0.4) is 0 Å². The lowest BCUT2D eigenvalue weighted by molar-refractivity contribution is -0.214. The largest absolute Gasteiger partial charge is 0.350 e. The van der Waals surface area contributed by atoms with Crippen LogP contribution < -0.4 is 0 Å². The van der Waals surface area contributed by atoms with E-state index in [1.54, 1.807) is 0 Å². The van der Waals surface area contributed by atoms with Crippen molar-refractivity contribution in [3.8, 4) is 0 Å². The van der Waals surface area contributed by atoms with Gasteiger partial charge in [0.25, 0.3) is 0 Å². The van der Waals surface area contributed by atoms with E-state index < -0.39 is 26.3 Å². The lowest BCUT2D eigenvalue weighted by Crippen LogP contribution is -2.57. The van der Waals surface area contributed by atoms with Gasteiger partial charge in [0.05, 0.1) is 11.8 Å². The second-order valence-corrected chi connectivity index (χ2v) is 9.26. The third-order valence-corrected chi connectivity index (χ3v) is 11.0. The number of ether oxygens (including phenoxy) is 2. The maximum atomic E-state index is 12.5. The monoisotopic (exact) mass is 546 g/mol. The zero-order valence-corrected chi connectivity index (χ0v) is 17.3. The van der Waals surface area contributed by atoms with Crippen LogP contribution in [-0.4, -0.2) is 40.2 Å². The van der Waals surface area contributed by atoms with Crippen LogP contribution in [0.4, 0.5) is 0 Å². The standard InChI is InChI=1S/C13H10Br4O4/c1-20-13(21-2)11(16)7-5(18)3-4-6(19)8(7)12(13,17)10(15)9(11)14/h3-4,7-8H,1-2H3/t7-,8-,11-,12+/m0/s1. The third-order valence-electron chi connectivity index (χ3n) is 4.58. The predicted octanol–water partition coefficient (Wildman–Crippen LogP) is 3.21. The van der Waals surface area contributed by atoms with Crippen LogP contribution in [0.2, 0.25) is 0 Å². The van der Waals surface area contributed by atoms with Crippen molar-refractivity contribution < 1.29 is 19.1 Å². The SMILES string of the molecule is COC1(OC)[C@@]2(Br)C(Br)=C(Br)[C@]1(Br)[C@H]1C(=O)C=CC(=O)[C@@H]12. The highest BCUT2D eigenvalue weighted by molar-refractivity contribution is 9.16. The van der Waals surface area contributed by atoms with Gasteiger partial charge in [0.15, 0.2) is 11.6 Å². The zero-order chi connectivity index (χ0) is 15.8. The Morgan fingerprint density at radius 2 is 1.24 bits per heavy atom. The molecule has 2 bridgehead atoms. The van der Waals surface area contributed by atoms with Gasteiger partial charge in [-0.25, -0.2) is 0 Å². The van der Waals surface area contributed by atoms with E-state index in [1.807, 2.05) is 0 Å². The topological polar surface area (TPSA) is 52.6 Å². The molecule has 0 saturated heterocycles. The van der Waals surface area contributed by atoms with Crippen molar-refractivity contribution in [1.82, 2.24) is 0 Å². The van der Waals surface area contributed by atoms with Gasteiger partial charge in [0, 0.05) is 23.2 Å². The molecule has 8 heteroatoms. The first-order valence-corrected chi connectivity index (χ1v) is 9.21. The number of alkyl halides is 2. The molecule has 4 nitrogen and oxygen atoms in total. The van der Waals surface area contributed by atoms with Gasteiger partial charge in [-0.1, -0.05) is 63.7 Å². The Kier molecular flexibility index (Phi) is 3.80. The highest BCUT2D eigenvalue weighted by Crippen LogP contribution is 2.76. The van der Waals surface area contributed by atoms with Crippen LogP contribution in [0.25, 0.3) is 0 Å². The molecule has 1 fully saturated rings. The second-order valence-electron chi connectivity index (χ2n) is 5.17. The summed E-state index contributed by atoms with van der Waals surface area (Å²) in [6, 6.07) is 0. The number of allylic oxidation sites excluding steroid dienone is 2. The molecular formula is C13H10Br4O4. The Hall–Kier alpha value is 0.660. The molecule has 114 valence electrons. The summed E-state index contributed by atoms with van der Waals surface area (Å²) in [6.45, 7) is 0. The highest BCUT2D eigenvalue weighted by atomic mass is 79.9. The Labute approximate surface area is 155 Å². The van der Waals surface area contributed by atoms with Gasteiger partial charge in [0.2, 0.25) is 5.79 Å². The van der Waals surface area contributed by atoms with Gasteiger partial charge < -0.3 is 9.47 Å². The molecule has 0 aliphatic heterocycles. The Bertz CT molecular complexity index is 576. The van der Waals surface area contributed by atoms with Gasteiger partial charge in [-0.3, -0.25) is 9.59 Å². The molecule has 4 atom stereocenters. The van der Waals surface area contributed by atoms with E-state index in [4.69, 9.17) is 9.47 Å². The number of carbonyl (C=O) groups excluding carboxylic acids is 2. The van der Waals surface area contributed by atoms with E-state index >= 15 is 0 Å².